The molecule has 0 saturated carbocycles. The summed E-state index contributed by atoms with van der Waals surface area (Å²) >= 11 is 1.15. The molecule has 1 amide bonds. The molecule has 4 N–H and O–H groups in total. The fourth-order valence-corrected chi connectivity index (χ4v) is 3.21. The Kier molecular flexibility index (Phi) is 7.71. The van der Waals surface area contributed by atoms with Crippen molar-refractivity contribution in [2.75, 3.05) is 36.1 Å². The Bertz CT molecular complexity index is 1050. The van der Waals surface area contributed by atoms with Crippen molar-refractivity contribution in [3.05, 3.63) is 54.1 Å². The third kappa shape index (κ3) is 5.89. The lowest BCUT2D eigenvalue weighted by atomic mass is 10.2. The van der Waals surface area contributed by atoms with E-state index in [1.807, 2.05) is 43.3 Å². The highest BCUT2D eigenvalue weighted by atomic mass is 32.2. The molecule has 0 aliphatic rings. The molecule has 3 aromatic rings. The molecule has 10 nitrogen and oxygen atoms in total. The summed E-state index contributed by atoms with van der Waals surface area (Å²) in [7, 11) is 1.59. The minimum Gasteiger partial charge on any atom is -0.496 e. The maximum atomic E-state index is 12.3. The van der Waals surface area contributed by atoms with E-state index >= 15 is 0 Å². The van der Waals surface area contributed by atoms with E-state index in [1.54, 1.807) is 25.5 Å². The van der Waals surface area contributed by atoms with Gasteiger partial charge in [-0.1, -0.05) is 36.0 Å². The molecule has 0 saturated heterocycles. The molecule has 0 aliphatic carbocycles. The second-order valence-electron chi connectivity index (χ2n) is 6.05. The van der Waals surface area contributed by atoms with Gasteiger partial charge in [0.1, 0.15) is 11.5 Å². The van der Waals surface area contributed by atoms with Gasteiger partial charge in [0.2, 0.25) is 11.1 Å². The summed E-state index contributed by atoms with van der Waals surface area (Å²) in [4.78, 5) is 12.3. The molecule has 31 heavy (non-hydrogen) atoms. The number of hydrogen-bond donors (Lipinski definition) is 3. The number of aromatic nitrogens is 3. The Hall–Kier alpha value is -3.73. The highest BCUT2D eigenvalue weighted by Gasteiger charge is 2.13. The molecule has 162 valence electrons. The first-order valence-corrected chi connectivity index (χ1v) is 10.4. The van der Waals surface area contributed by atoms with Crippen molar-refractivity contribution < 1.29 is 14.3 Å². The molecule has 1 heterocycles. The van der Waals surface area contributed by atoms with Crippen LogP contribution in [0.4, 0.5) is 11.6 Å². The van der Waals surface area contributed by atoms with Crippen LogP contribution in [-0.2, 0) is 4.79 Å². The maximum absolute atomic E-state index is 12.3. The molecule has 11 heteroatoms. The van der Waals surface area contributed by atoms with Gasteiger partial charge in [0.15, 0.2) is 0 Å². The number of benzene rings is 2. The van der Waals surface area contributed by atoms with Gasteiger partial charge in [0.25, 0.3) is 5.95 Å². The Balaban J connectivity index is 1.56. The number of nitrogens with two attached hydrogens (primary N) is 1. The van der Waals surface area contributed by atoms with E-state index in [0.717, 1.165) is 17.3 Å². The second-order valence-corrected chi connectivity index (χ2v) is 7.00. The van der Waals surface area contributed by atoms with Crippen molar-refractivity contribution in [3.8, 4) is 11.5 Å². The number of carbonyl (C=O) groups is 1. The van der Waals surface area contributed by atoms with Crippen LogP contribution in [0.1, 0.15) is 12.5 Å². The molecule has 1 aromatic heterocycles. The van der Waals surface area contributed by atoms with Gasteiger partial charge in [0.05, 0.1) is 31.4 Å². The predicted molar refractivity (Wildman–Crippen MR) is 121 cm³/mol. The highest BCUT2D eigenvalue weighted by Crippen LogP contribution is 2.24. The number of anilines is 2. The lowest BCUT2D eigenvalue weighted by Crippen LogP contribution is -2.17. The first-order chi connectivity index (χ1) is 15.1. The van der Waals surface area contributed by atoms with Crippen molar-refractivity contribution >= 4 is 35.5 Å². The van der Waals surface area contributed by atoms with Crippen molar-refractivity contribution in [1.29, 1.82) is 0 Å². The first kappa shape index (κ1) is 22.0. The topological polar surface area (TPSA) is 129 Å². The first-order valence-electron chi connectivity index (χ1n) is 9.39. The molecule has 3 rings (SSSR count). The predicted octanol–water partition coefficient (Wildman–Crippen LogP) is 2.58. The number of hydrogen-bond acceptors (Lipinski definition) is 9. The van der Waals surface area contributed by atoms with Gasteiger partial charge in [-0.3, -0.25) is 4.79 Å². The molecular formula is C20H23N7O3S. The van der Waals surface area contributed by atoms with Crippen LogP contribution in [0.2, 0.25) is 0 Å². The minimum atomic E-state index is -0.219. The number of carbonyl (C=O) groups excluding carboxylic acids is 1. The van der Waals surface area contributed by atoms with E-state index in [1.165, 1.54) is 4.68 Å². The summed E-state index contributed by atoms with van der Waals surface area (Å²) in [6, 6.07) is 14.7. The van der Waals surface area contributed by atoms with Crippen molar-refractivity contribution in [1.82, 2.24) is 14.9 Å². The fourth-order valence-electron chi connectivity index (χ4n) is 2.55. The highest BCUT2D eigenvalue weighted by molar-refractivity contribution is 7.99. The van der Waals surface area contributed by atoms with Crippen LogP contribution in [0.3, 0.4) is 0 Å². The third-order valence-corrected chi connectivity index (χ3v) is 4.91. The number of nitrogens with one attached hydrogen (secondary N) is 2. The van der Waals surface area contributed by atoms with Crippen molar-refractivity contribution in [2.45, 2.75) is 12.1 Å². The molecule has 2 aromatic carbocycles. The van der Waals surface area contributed by atoms with Gasteiger partial charge in [-0.2, -0.15) is 5.10 Å². The SMILES string of the molecule is CCOc1ccccc1NC(=O)CSc1nnc(N/N=C/c2ccccc2OC)n1N. The number of nitrogen functional groups attached to an aromatic ring is 1. The molecular weight excluding hydrogens is 418 g/mol. The number of thioether (sulfide) groups is 1. The van der Waals surface area contributed by atoms with Crippen LogP contribution < -0.4 is 26.1 Å². The monoisotopic (exact) mass is 441 g/mol. The largest absolute Gasteiger partial charge is 0.496 e. The average molecular weight is 442 g/mol. The maximum Gasteiger partial charge on any atom is 0.264 e. The van der Waals surface area contributed by atoms with Crippen molar-refractivity contribution in [2.24, 2.45) is 5.10 Å². The van der Waals surface area contributed by atoms with Gasteiger partial charge < -0.3 is 20.6 Å². The molecule has 0 bridgehead atoms. The van der Waals surface area contributed by atoms with E-state index in [4.69, 9.17) is 15.3 Å². The van der Waals surface area contributed by atoms with Crippen LogP contribution in [0.25, 0.3) is 0 Å². The van der Waals surface area contributed by atoms with Crippen LogP contribution in [0.5, 0.6) is 11.5 Å². The summed E-state index contributed by atoms with van der Waals surface area (Å²) in [5, 5.41) is 15.2. The molecule has 0 atom stereocenters. The average Bonchev–Trinajstić information content (AvgIpc) is 3.13. The Morgan fingerprint density at radius 3 is 2.71 bits per heavy atom. The number of hydrazone groups is 1. The zero-order valence-corrected chi connectivity index (χ0v) is 17.9. The Morgan fingerprint density at radius 1 is 1.19 bits per heavy atom. The lowest BCUT2D eigenvalue weighted by molar-refractivity contribution is -0.113. The molecule has 0 radical (unpaired) electrons. The Labute approximate surface area is 183 Å². The van der Waals surface area contributed by atoms with Gasteiger partial charge in [-0.05, 0) is 31.2 Å². The standard InChI is InChI=1S/C20H23N7O3S/c1-3-30-17-11-7-5-9-15(17)23-18(28)13-31-20-26-25-19(27(20)21)24-22-12-14-8-4-6-10-16(14)29-2/h4-12H,3,13,21H2,1-2H3,(H,23,28)(H,24,25)/b22-12+. The van der Waals surface area contributed by atoms with Gasteiger partial charge in [-0.25, -0.2) is 10.1 Å². The van der Waals surface area contributed by atoms with Gasteiger partial charge >= 0.3 is 0 Å². The summed E-state index contributed by atoms with van der Waals surface area (Å²) in [5.74, 6) is 7.42. The number of ether oxygens (including phenoxy) is 2. The lowest BCUT2D eigenvalue weighted by Gasteiger charge is -2.10. The number of methoxy groups -OCH3 is 1. The quantitative estimate of drug-likeness (QED) is 0.189. The molecule has 0 unspecified atom stereocenters. The number of nitrogens with zero attached hydrogens (tertiary/aromatic N) is 4. The summed E-state index contributed by atoms with van der Waals surface area (Å²) in [6.07, 6.45) is 1.59. The number of para-hydroxylation sites is 3. The fraction of sp³-hybridized carbons (Fsp3) is 0.200. The van der Waals surface area contributed by atoms with Crippen LogP contribution >= 0.6 is 11.8 Å². The van der Waals surface area contributed by atoms with E-state index in [2.05, 4.69) is 26.0 Å². The third-order valence-electron chi connectivity index (χ3n) is 3.96. The Morgan fingerprint density at radius 2 is 1.94 bits per heavy atom. The normalized spacial score (nSPS) is 10.8. The number of rotatable bonds is 10. The van der Waals surface area contributed by atoms with Gasteiger partial charge in [0, 0.05) is 5.56 Å². The van der Waals surface area contributed by atoms with Crippen LogP contribution in [0, 0.1) is 0 Å². The zero-order chi connectivity index (χ0) is 22.1. The zero-order valence-electron chi connectivity index (χ0n) is 17.1. The second kappa shape index (κ2) is 10.9. The molecule has 0 aliphatic heterocycles. The van der Waals surface area contributed by atoms with Gasteiger partial charge in [-0.15, -0.1) is 10.2 Å². The molecule has 0 fully saturated rings. The van der Waals surface area contributed by atoms with E-state index in [0.29, 0.717) is 28.9 Å². The smallest absolute Gasteiger partial charge is 0.264 e. The minimum absolute atomic E-state index is 0.0975. The van der Waals surface area contributed by atoms with E-state index in [-0.39, 0.29) is 17.6 Å². The van der Waals surface area contributed by atoms with Crippen molar-refractivity contribution in [3.63, 3.8) is 0 Å². The van der Waals surface area contributed by atoms with E-state index < -0.39 is 0 Å². The summed E-state index contributed by atoms with van der Waals surface area (Å²) in [5.41, 5.74) is 4.13. The summed E-state index contributed by atoms with van der Waals surface area (Å²) < 4.78 is 12.0. The number of amides is 1. The molecule has 0 spiro atoms. The summed E-state index contributed by atoms with van der Waals surface area (Å²) in [6.45, 7) is 2.39. The van der Waals surface area contributed by atoms with E-state index in [9.17, 15) is 4.79 Å². The van der Waals surface area contributed by atoms with Crippen LogP contribution in [0.15, 0.2) is 58.8 Å². The van der Waals surface area contributed by atoms with Crippen LogP contribution in [-0.4, -0.2) is 46.5 Å².